The SMILES string of the molecule is C=CCN1CCN(C)Cc2cccnc21. The van der Waals surface area contributed by atoms with E-state index in [1.54, 1.807) is 0 Å². The molecule has 0 radical (unpaired) electrons. The van der Waals surface area contributed by atoms with Gasteiger partial charge < -0.3 is 9.80 Å². The Kier molecular flexibility index (Phi) is 3.02. The summed E-state index contributed by atoms with van der Waals surface area (Å²) in [7, 11) is 2.15. The molecule has 0 fully saturated rings. The van der Waals surface area contributed by atoms with Gasteiger partial charge in [0.15, 0.2) is 0 Å². The van der Waals surface area contributed by atoms with Gasteiger partial charge in [-0.25, -0.2) is 4.98 Å². The van der Waals surface area contributed by atoms with Crippen LogP contribution in [0.3, 0.4) is 0 Å². The zero-order valence-corrected chi connectivity index (χ0v) is 9.19. The largest absolute Gasteiger partial charge is 0.351 e. The Morgan fingerprint density at radius 2 is 2.40 bits per heavy atom. The minimum absolute atomic E-state index is 0.873. The average molecular weight is 203 g/mol. The van der Waals surface area contributed by atoms with Gasteiger partial charge in [-0.2, -0.15) is 0 Å². The molecule has 0 unspecified atom stereocenters. The lowest BCUT2D eigenvalue weighted by Crippen LogP contribution is -2.30. The van der Waals surface area contributed by atoms with Crippen molar-refractivity contribution in [3.8, 4) is 0 Å². The number of hydrogen-bond acceptors (Lipinski definition) is 3. The molecule has 0 aromatic carbocycles. The number of rotatable bonds is 2. The molecule has 0 saturated heterocycles. The predicted octanol–water partition coefficient (Wildman–Crippen LogP) is 1.52. The molecule has 3 nitrogen and oxygen atoms in total. The maximum Gasteiger partial charge on any atom is 0.133 e. The van der Waals surface area contributed by atoms with Gasteiger partial charge in [0.25, 0.3) is 0 Å². The lowest BCUT2D eigenvalue weighted by Gasteiger charge is -2.21. The van der Waals surface area contributed by atoms with Crippen molar-refractivity contribution in [2.45, 2.75) is 6.54 Å². The molecule has 15 heavy (non-hydrogen) atoms. The van der Waals surface area contributed by atoms with Crippen LogP contribution in [0.4, 0.5) is 5.82 Å². The van der Waals surface area contributed by atoms with Gasteiger partial charge in [-0.05, 0) is 13.1 Å². The van der Waals surface area contributed by atoms with E-state index in [-0.39, 0.29) is 0 Å². The molecule has 1 aliphatic rings. The number of likely N-dealkylation sites (N-methyl/N-ethyl adjacent to an activating group) is 1. The molecule has 0 amide bonds. The van der Waals surface area contributed by atoms with Crippen LogP contribution >= 0.6 is 0 Å². The van der Waals surface area contributed by atoms with Crippen molar-refractivity contribution < 1.29 is 0 Å². The Balaban J connectivity index is 2.33. The summed E-state index contributed by atoms with van der Waals surface area (Å²) in [5.41, 5.74) is 1.30. The van der Waals surface area contributed by atoms with Gasteiger partial charge in [0.2, 0.25) is 0 Å². The lowest BCUT2D eigenvalue weighted by atomic mass is 10.2. The summed E-state index contributed by atoms with van der Waals surface area (Å²) in [4.78, 5) is 9.07. The Morgan fingerprint density at radius 1 is 1.53 bits per heavy atom. The molecule has 1 aromatic heterocycles. The van der Waals surface area contributed by atoms with Crippen molar-refractivity contribution in [1.29, 1.82) is 0 Å². The van der Waals surface area contributed by atoms with Crippen molar-refractivity contribution in [1.82, 2.24) is 9.88 Å². The second-order valence-corrected chi connectivity index (χ2v) is 3.96. The van der Waals surface area contributed by atoms with E-state index in [4.69, 9.17) is 0 Å². The van der Waals surface area contributed by atoms with Crippen LogP contribution in [0.25, 0.3) is 0 Å². The van der Waals surface area contributed by atoms with Crippen molar-refractivity contribution in [3.05, 3.63) is 36.5 Å². The normalized spacial score (nSPS) is 17.0. The molecule has 0 atom stereocenters. The molecule has 2 rings (SSSR count). The first kappa shape index (κ1) is 10.2. The molecule has 2 heterocycles. The van der Waals surface area contributed by atoms with E-state index in [0.29, 0.717) is 0 Å². The highest BCUT2D eigenvalue weighted by molar-refractivity contribution is 5.48. The van der Waals surface area contributed by atoms with Crippen molar-refractivity contribution in [2.75, 3.05) is 31.6 Å². The molecule has 1 aromatic rings. The monoisotopic (exact) mass is 203 g/mol. The van der Waals surface area contributed by atoms with E-state index in [9.17, 15) is 0 Å². The number of fused-ring (bicyclic) bond motifs is 1. The Labute approximate surface area is 91.0 Å². The zero-order chi connectivity index (χ0) is 10.7. The average Bonchev–Trinajstić information content (AvgIpc) is 2.39. The summed E-state index contributed by atoms with van der Waals surface area (Å²) in [6.45, 7) is 7.74. The highest BCUT2D eigenvalue weighted by Gasteiger charge is 2.17. The zero-order valence-electron chi connectivity index (χ0n) is 9.19. The summed E-state index contributed by atoms with van der Waals surface area (Å²) in [5, 5.41) is 0. The molecular formula is C12H17N3. The summed E-state index contributed by atoms with van der Waals surface area (Å²) >= 11 is 0. The van der Waals surface area contributed by atoms with E-state index in [2.05, 4.69) is 34.5 Å². The van der Waals surface area contributed by atoms with Crippen LogP contribution in [0.2, 0.25) is 0 Å². The van der Waals surface area contributed by atoms with E-state index < -0.39 is 0 Å². The first-order chi connectivity index (χ1) is 7.31. The van der Waals surface area contributed by atoms with E-state index in [1.165, 1.54) is 5.56 Å². The fourth-order valence-electron chi connectivity index (χ4n) is 1.94. The predicted molar refractivity (Wildman–Crippen MR) is 63.0 cm³/mol. The number of nitrogens with zero attached hydrogens (tertiary/aromatic N) is 3. The first-order valence-electron chi connectivity index (χ1n) is 5.29. The van der Waals surface area contributed by atoms with Gasteiger partial charge in [-0.1, -0.05) is 12.1 Å². The van der Waals surface area contributed by atoms with Crippen LogP contribution in [0.15, 0.2) is 31.0 Å². The second kappa shape index (κ2) is 4.45. The fraction of sp³-hybridized carbons (Fsp3) is 0.417. The third-order valence-electron chi connectivity index (χ3n) is 2.71. The number of anilines is 1. The molecule has 3 heteroatoms. The van der Waals surface area contributed by atoms with Crippen LogP contribution in [-0.4, -0.2) is 36.6 Å². The fourth-order valence-corrected chi connectivity index (χ4v) is 1.94. The topological polar surface area (TPSA) is 19.4 Å². The van der Waals surface area contributed by atoms with Gasteiger partial charge in [0.1, 0.15) is 5.82 Å². The summed E-state index contributed by atoms with van der Waals surface area (Å²) in [5.74, 6) is 1.11. The van der Waals surface area contributed by atoms with Crippen molar-refractivity contribution >= 4 is 5.82 Å². The maximum absolute atomic E-state index is 4.47. The summed E-state index contributed by atoms with van der Waals surface area (Å²) in [6, 6.07) is 4.16. The number of hydrogen-bond donors (Lipinski definition) is 0. The van der Waals surface area contributed by atoms with Gasteiger partial charge in [-0.15, -0.1) is 6.58 Å². The van der Waals surface area contributed by atoms with Crippen LogP contribution in [0, 0.1) is 0 Å². The second-order valence-electron chi connectivity index (χ2n) is 3.96. The van der Waals surface area contributed by atoms with Crippen LogP contribution in [-0.2, 0) is 6.54 Å². The smallest absolute Gasteiger partial charge is 0.133 e. The molecule has 0 aliphatic carbocycles. The third-order valence-corrected chi connectivity index (χ3v) is 2.71. The number of aromatic nitrogens is 1. The quantitative estimate of drug-likeness (QED) is 0.679. The van der Waals surface area contributed by atoms with Crippen LogP contribution in [0.5, 0.6) is 0 Å². The van der Waals surface area contributed by atoms with Crippen LogP contribution in [0.1, 0.15) is 5.56 Å². The Hall–Kier alpha value is -1.35. The molecule has 0 N–H and O–H groups in total. The van der Waals surface area contributed by atoms with E-state index in [0.717, 1.165) is 32.0 Å². The van der Waals surface area contributed by atoms with Gasteiger partial charge in [-0.3, -0.25) is 0 Å². The maximum atomic E-state index is 4.47. The standard InChI is InChI=1S/C12H17N3/c1-3-7-15-9-8-14(2)10-11-5-4-6-13-12(11)15/h3-6H,1,7-10H2,2H3. The highest BCUT2D eigenvalue weighted by atomic mass is 15.2. The molecule has 80 valence electrons. The van der Waals surface area contributed by atoms with E-state index >= 15 is 0 Å². The highest BCUT2D eigenvalue weighted by Crippen LogP contribution is 2.21. The third kappa shape index (κ3) is 2.18. The first-order valence-corrected chi connectivity index (χ1v) is 5.29. The van der Waals surface area contributed by atoms with Gasteiger partial charge in [0, 0.05) is 37.9 Å². The van der Waals surface area contributed by atoms with Gasteiger partial charge >= 0.3 is 0 Å². The molecular weight excluding hydrogens is 186 g/mol. The molecule has 1 aliphatic heterocycles. The minimum Gasteiger partial charge on any atom is -0.351 e. The molecule has 0 bridgehead atoms. The van der Waals surface area contributed by atoms with E-state index in [1.807, 2.05) is 18.3 Å². The number of pyridine rings is 1. The Morgan fingerprint density at radius 3 is 3.20 bits per heavy atom. The van der Waals surface area contributed by atoms with Crippen LogP contribution < -0.4 is 4.90 Å². The van der Waals surface area contributed by atoms with Crippen molar-refractivity contribution in [2.24, 2.45) is 0 Å². The summed E-state index contributed by atoms with van der Waals surface area (Å²) in [6.07, 6.45) is 3.80. The molecule has 0 spiro atoms. The molecule has 0 saturated carbocycles. The Bertz CT molecular complexity index is 348. The minimum atomic E-state index is 0.873. The van der Waals surface area contributed by atoms with Gasteiger partial charge in [0.05, 0.1) is 0 Å². The van der Waals surface area contributed by atoms with Crippen molar-refractivity contribution in [3.63, 3.8) is 0 Å². The lowest BCUT2D eigenvalue weighted by molar-refractivity contribution is 0.342. The summed E-state index contributed by atoms with van der Waals surface area (Å²) < 4.78 is 0.